The molecule has 2 atom stereocenters. The first kappa shape index (κ1) is 21.2. The van der Waals surface area contributed by atoms with Crippen LogP contribution in [-0.2, 0) is 11.2 Å². The van der Waals surface area contributed by atoms with Crippen molar-refractivity contribution in [1.29, 1.82) is 0 Å². The van der Waals surface area contributed by atoms with Crippen molar-refractivity contribution in [2.24, 2.45) is 0 Å². The molecule has 0 radical (unpaired) electrons. The molecule has 2 heterocycles. The molecule has 4 rings (SSSR count). The average molecular weight is 442 g/mol. The first-order valence-corrected chi connectivity index (χ1v) is 11.1. The van der Waals surface area contributed by atoms with Crippen LogP contribution in [0.4, 0.5) is 10.1 Å². The molecule has 2 aromatic carbocycles. The van der Waals surface area contributed by atoms with Crippen LogP contribution in [0.1, 0.15) is 37.7 Å². The molecule has 0 spiro atoms. The van der Waals surface area contributed by atoms with Crippen LogP contribution in [0.2, 0.25) is 0 Å². The lowest BCUT2D eigenvalue weighted by atomic mass is 10.0. The summed E-state index contributed by atoms with van der Waals surface area (Å²) in [5, 5.41) is 11.6. The maximum absolute atomic E-state index is 13.2. The summed E-state index contributed by atoms with van der Waals surface area (Å²) in [4.78, 5) is 13.2. The number of ether oxygens (including phenoxy) is 1. The van der Waals surface area contributed by atoms with Crippen LogP contribution < -0.4 is 15.5 Å². The Bertz CT molecular complexity index is 1040. The minimum absolute atomic E-state index is 0.200. The number of hydrogen-bond donors (Lipinski definition) is 2. The molecule has 162 valence electrons. The lowest BCUT2D eigenvalue weighted by Gasteiger charge is -2.33. The molecule has 2 N–H and O–H groups in total. The first-order chi connectivity index (χ1) is 15.1. The Balaban J connectivity index is 1.64. The molecule has 1 aliphatic rings. The molecule has 1 amide bonds. The van der Waals surface area contributed by atoms with Crippen molar-refractivity contribution in [2.75, 3.05) is 17.3 Å². The summed E-state index contributed by atoms with van der Waals surface area (Å²) in [5.41, 5.74) is 4.91. The summed E-state index contributed by atoms with van der Waals surface area (Å²) in [5.74, 6) is 1.06. The highest BCUT2D eigenvalue weighted by Gasteiger charge is 2.37. The number of rotatable bonds is 7. The summed E-state index contributed by atoms with van der Waals surface area (Å²) in [6.07, 6.45) is 1.72. The number of anilines is 1. The van der Waals surface area contributed by atoms with Crippen molar-refractivity contribution < 1.29 is 13.9 Å². The Kier molecular flexibility index (Phi) is 6.41. The lowest BCUT2D eigenvalue weighted by molar-refractivity contribution is -0.116. The molecule has 0 aliphatic carbocycles. The van der Waals surface area contributed by atoms with Crippen molar-refractivity contribution in [3.63, 3.8) is 0 Å². The Hall–Kier alpha value is -3.07. The van der Waals surface area contributed by atoms with Gasteiger partial charge in [0.05, 0.1) is 12.6 Å². The van der Waals surface area contributed by atoms with Gasteiger partial charge < -0.3 is 15.5 Å². The predicted octanol–water partition coefficient (Wildman–Crippen LogP) is 4.17. The van der Waals surface area contributed by atoms with E-state index >= 15 is 0 Å². The Morgan fingerprint density at radius 3 is 2.58 bits per heavy atom. The number of nitrogens with one attached hydrogen (secondary N) is 2. The largest absolute Gasteiger partial charge is 0.494 e. The molecule has 0 bridgehead atoms. The Labute approximate surface area is 184 Å². The van der Waals surface area contributed by atoms with E-state index in [1.165, 1.54) is 23.9 Å². The maximum Gasteiger partial charge on any atom is 0.240 e. The van der Waals surface area contributed by atoms with Gasteiger partial charge in [-0.15, -0.1) is 10.2 Å². The second-order valence-corrected chi connectivity index (χ2v) is 8.24. The molecule has 1 aliphatic heterocycles. The zero-order chi connectivity index (χ0) is 21.8. The second kappa shape index (κ2) is 9.38. The second-order valence-electron chi connectivity index (χ2n) is 7.13. The monoisotopic (exact) mass is 441 g/mol. The smallest absolute Gasteiger partial charge is 0.240 e. The molecule has 2 unspecified atom stereocenters. The maximum atomic E-state index is 13.2. The van der Waals surface area contributed by atoms with E-state index in [1.54, 1.807) is 12.1 Å². The fourth-order valence-electron chi connectivity index (χ4n) is 3.42. The fourth-order valence-corrected chi connectivity index (χ4v) is 4.52. The van der Waals surface area contributed by atoms with E-state index in [-0.39, 0.29) is 17.8 Å². The van der Waals surface area contributed by atoms with Gasteiger partial charge in [-0.1, -0.05) is 30.8 Å². The Morgan fingerprint density at radius 2 is 1.90 bits per heavy atom. The molecule has 7 nitrogen and oxygen atoms in total. The molecule has 9 heteroatoms. The zero-order valence-corrected chi connectivity index (χ0v) is 18.2. The molecule has 1 aromatic heterocycles. The first-order valence-electron chi connectivity index (χ1n) is 10.3. The zero-order valence-electron chi connectivity index (χ0n) is 17.3. The number of aromatic nitrogens is 3. The van der Waals surface area contributed by atoms with Crippen molar-refractivity contribution >= 4 is 23.4 Å². The van der Waals surface area contributed by atoms with Crippen molar-refractivity contribution in [1.82, 2.24) is 14.9 Å². The van der Waals surface area contributed by atoms with Crippen LogP contribution in [-0.4, -0.2) is 32.6 Å². The standard InChI is InChI=1S/C22H24FN5O2S/c1-3-5-18-25-26-22-28(18)27-19(14-6-12-17(13-7-14)30-4-2)20(31-22)21(29)24-16-10-8-15(23)9-11-16/h6-13,19-20,27H,3-5H2,1-2H3,(H,24,29). The number of aryl methyl sites for hydroxylation is 1. The topological polar surface area (TPSA) is 81.1 Å². The Morgan fingerprint density at radius 1 is 1.16 bits per heavy atom. The van der Waals surface area contributed by atoms with E-state index < -0.39 is 5.25 Å². The number of hydrogen-bond acceptors (Lipinski definition) is 6. The molecular formula is C22H24FN5O2S. The van der Waals surface area contributed by atoms with Gasteiger partial charge in [0, 0.05) is 12.1 Å². The van der Waals surface area contributed by atoms with Gasteiger partial charge in [0.15, 0.2) is 5.82 Å². The van der Waals surface area contributed by atoms with E-state index in [1.807, 2.05) is 35.9 Å². The van der Waals surface area contributed by atoms with Crippen molar-refractivity contribution in [3.05, 3.63) is 65.7 Å². The number of halogens is 1. The summed E-state index contributed by atoms with van der Waals surface area (Å²) in [7, 11) is 0. The number of benzene rings is 2. The summed E-state index contributed by atoms with van der Waals surface area (Å²) in [6.45, 7) is 4.61. The van der Waals surface area contributed by atoms with Crippen molar-refractivity contribution in [3.8, 4) is 5.75 Å². The SMILES string of the molecule is CCCc1nnc2n1NC(c1ccc(OCC)cc1)C(C(=O)Nc1ccc(F)cc1)S2. The third-order valence-electron chi connectivity index (χ3n) is 4.90. The summed E-state index contributed by atoms with van der Waals surface area (Å²) < 4.78 is 20.6. The lowest BCUT2D eigenvalue weighted by Crippen LogP contribution is -2.41. The molecule has 3 aromatic rings. The highest BCUT2D eigenvalue weighted by Crippen LogP contribution is 2.38. The number of nitrogens with zero attached hydrogens (tertiary/aromatic N) is 3. The van der Waals surface area contributed by atoms with Crippen LogP contribution >= 0.6 is 11.8 Å². The van der Waals surface area contributed by atoms with Gasteiger partial charge in [-0.3, -0.25) is 4.79 Å². The molecule has 31 heavy (non-hydrogen) atoms. The van der Waals surface area contributed by atoms with Crippen LogP contribution in [0.25, 0.3) is 0 Å². The highest BCUT2D eigenvalue weighted by atomic mass is 32.2. The van der Waals surface area contributed by atoms with E-state index in [9.17, 15) is 9.18 Å². The van der Waals surface area contributed by atoms with Crippen LogP contribution in [0.3, 0.4) is 0 Å². The van der Waals surface area contributed by atoms with Gasteiger partial charge in [-0.05, 0) is 55.3 Å². The quantitative estimate of drug-likeness (QED) is 0.573. The molecule has 0 saturated heterocycles. The third kappa shape index (κ3) is 4.66. The van der Waals surface area contributed by atoms with E-state index in [4.69, 9.17) is 4.74 Å². The fraction of sp³-hybridized carbons (Fsp3) is 0.318. The third-order valence-corrected chi connectivity index (χ3v) is 6.11. The minimum Gasteiger partial charge on any atom is -0.494 e. The minimum atomic E-state index is -0.505. The summed E-state index contributed by atoms with van der Waals surface area (Å²) in [6, 6.07) is 13.1. The van der Waals surface area contributed by atoms with Crippen LogP contribution in [0.5, 0.6) is 5.75 Å². The summed E-state index contributed by atoms with van der Waals surface area (Å²) >= 11 is 1.36. The number of amides is 1. The number of carbonyl (C=O) groups is 1. The van der Waals surface area contributed by atoms with Crippen molar-refractivity contribution in [2.45, 2.75) is 43.1 Å². The average Bonchev–Trinajstić information content (AvgIpc) is 3.17. The van der Waals surface area contributed by atoms with Gasteiger partial charge in [0.2, 0.25) is 11.1 Å². The number of carbonyl (C=O) groups excluding carboxylic acids is 1. The van der Waals surface area contributed by atoms with Gasteiger partial charge in [0.1, 0.15) is 16.8 Å². The number of fused-ring (bicyclic) bond motifs is 1. The van der Waals surface area contributed by atoms with Gasteiger partial charge in [0.25, 0.3) is 0 Å². The van der Waals surface area contributed by atoms with Crippen LogP contribution in [0.15, 0.2) is 53.7 Å². The van der Waals surface area contributed by atoms with Gasteiger partial charge in [-0.2, -0.15) is 0 Å². The normalized spacial score (nSPS) is 17.5. The number of thioether (sulfide) groups is 1. The molecular weight excluding hydrogens is 417 g/mol. The highest BCUT2D eigenvalue weighted by molar-refractivity contribution is 8.00. The van der Waals surface area contributed by atoms with E-state index in [2.05, 4.69) is 27.9 Å². The van der Waals surface area contributed by atoms with Crippen LogP contribution in [0, 0.1) is 5.82 Å². The molecule has 0 saturated carbocycles. The van der Waals surface area contributed by atoms with Gasteiger partial charge >= 0.3 is 0 Å². The molecule has 0 fully saturated rings. The van der Waals surface area contributed by atoms with Gasteiger partial charge in [-0.25, -0.2) is 9.07 Å². The predicted molar refractivity (Wildman–Crippen MR) is 118 cm³/mol. The van der Waals surface area contributed by atoms with E-state index in [0.717, 1.165) is 30.0 Å². The van der Waals surface area contributed by atoms with E-state index in [0.29, 0.717) is 17.5 Å².